The maximum Gasteiger partial charge on any atom is 0.374 e. The van der Waals surface area contributed by atoms with Crippen molar-refractivity contribution in [3.8, 4) is 6.07 Å². The first-order chi connectivity index (χ1) is 16.3. The first-order valence-electron chi connectivity index (χ1n) is 11.3. The van der Waals surface area contributed by atoms with E-state index in [1.54, 1.807) is 24.0 Å². The molecule has 0 N–H and O–H groups in total. The molecular weight excluding hydrogens is 458 g/mol. The maximum absolute atomic E-state index is 13.2. The smallest absolute Gasteiger partial charge is 0.374 e. The molecule has 0 radical (unpaired) electrons. The van der Waals surface area contributed by atoms with Crippen LogP contribution in [0.5, 0.6) is 0 Å². The molecule has 2 heterocycles. The van der Waals surface area contributed by atoms with Crippen LogP contribution >= 0.6 is 0 Å². The summed E-state index contributed by atoms with van der Waals surface area (Å²) in [7, 11) is -3.92. The minimum absolute atomic E-state index is 0.00542. The number of amides is 1. The molecule has 0 aliphatic carbocycles. The zero-order valence-electron chi connectivity index (χ0n) is 19.4. The average Bonchev–Trinajstić information content (AvgIpc) is 3.36. The fourth-order valence-electron chi connectivity index (χ4n) is 3.94. The van der Waals surface area contributed by atoms with Crippen LogP contribution in [0.15, 0.2) is 45.9 Å². The maximum atomic E-state index is 13.2. The van der Waals surface area contributed by atoms with Crippen molar-refractivity contribution >= 4 is 21.9 Å². The van der Waals surface area contributed by atoms with E-state index < -0.39 is 16.0 Å². The highest BCUT2D eigenvalue weighted by Crippen LogP contribution is 2.27. The normalized spacial score (nSPS) is 15.0. The summed E-state index contributed by atoms with van der Waals surface area (Å²) in [6.07, 6.45) is 1.60. The first-order valence-corrected chi connectivity index (χ1v) is 12.8. The molecule has 0 saturated carbocycles. The van der Waals surface area contributed by atoms with Crippen LogP contribution in [0.1, 0.15) is 54.8 Å². The molecule has 1 aliphatic rings. The summed E-state index contributed by atoms with van der Waals surface area (Å²) in [6, 6.07) is 11.8. The fraction of sp³-hybridized carbons (Fsp3) is 0.458. The first kappa shape index (κ1) is 25.5. The molecule has 0 unspecified atom stereocenters. The van der Waals surface area contributed by atoms with Crippen molar-refractivity contribution in [1.29, 1.82) is 5.26 Å². The Morgan fingerprint density at radius 2 is 1.82 bits per heavy atom. The van der Waals surface area contributed by atoms with Crippen LogP contribution in [-0.4, -0.2) is 55.7 Å². The highest BCUT2D eigenvalue weighted by molar-refractivity contribution is 7.89. The highest BCUT2D eigenvalue weighted by atomic mass is 32.2. The van der Waals surface area contributed by atoms with Gasteiger partial charge in [0, 0.05) is 32.1 Å². The van der Waals surface area contributed by atoms with Crippen molar-refractivity contribution in [2.24, 2.45) is 5.92 Å². The van der Waals surface area contributed by atoms with Gasteiger partial charge < -0.3 is 14.1 Å². The highest BCUT2D eigenvalue weighted by Gasteiger charge is 2.35. The Morgan fingerprint density at radius 1 is 1.15 bits per heavy atom. The van der Waals surface area contributed by atoms with Crippen molar-refractivity contribution in [1.82, 2.24) is 9.21 Å². The lowest BCUT2D eigenvalue weighted by Crippen LogP contribution is -2.44. The third-order valence-corrected chi connectivity index (χ3v) is 7.49. The zero-order valence-corrected chi connectivity index (χ0v) is 20.2. The SMILES string of the molecule is CCCN(Cc1ccc(C#N)cc1)C(=O)C1CCN(S(=O)(=O)c2ccc(C(=O)OCC)o2)CC1. The number of furan rings is 1. The summed E-state index contributed by atoms with van der Waals surface area (Å²) in [4.78, 5) is 26.8. The van der Waals surface area contributed by atoms with Gasteiger partial charge in [0.1, 0.15) is 0 Å². The van der Waals surface area contributed by atoms with Gasteiger partial charge in [-0.2, -0.15) is 9.57 Å². The van der Waals surface area contributed by atoms with Crippen molar-refractivity contribution in [2.75, 3.05) is 26.2 Å². The number of carbonyl (C=O) groups is 2. The number of piperidine rings is 1. The second-order valence-electron chi connectivity index (χ2n) is 8.09. The Bertz CT molecular complexity index is 1140. The quantitative estimate of drug-likeness (QED) is 0.498. The van der Waals surface area contributed by atoms with Gasteiger partial charge in [0.05, 0.1) is 18.2 Å². The number of ether oxygens (including phenoxy) is 1. The van der Waals surface area contributed by atoms with E-state index in [4.69, 9.17) is 14.4 Å². The van der Waals surface area contributed by atoms with E-state index >= 15 is 0 Å². The van der Waals surface area contributed by atoms with Crippen LogP contribution in [0, 0.1) is 17.2 Å². The van der Waals surface area contributed by atoms with Gasteiger partial charge in [0.2, 0.25) is 16.8 Å². The lowest BCUT2D eigenvalue weighted by Gasteiger charge is -2.33. The van der Waals surface area contributed by atoms with Gasteiger partial charge in [-0.25, -0.2) is 13.2 Å². The van der Waals surface area contributed by atoms with E-state index in [0.29, 0.717) is 31.5 Å². The number of nitrogens with zero attached hydrogens (tertiary/aromatic N) is 3. The van der Waals surface area contributed by atoms with E-state index in [1.807, 2.05) is 19.1 Å². The molecule has 0 atom stereocenters. The van der Waals surface area contributed by atoms with Crippen LogP contribution in [0.3, 0.4) is 0 Å². The third-order valence-electron chi connectivity index (χ3n) is 5.72. The number of esters is 1. The molecule has 1 aromatic carbocycles. The van der Waals surface area contributed by atoms with Gasteiger partial charge in [0.25, 0.3) is 10.0 Å². The second-order valence-corrected chi connectivity index (χ2v) is 9.95. The van der Waals surface area contributed by atoms with Crippen LogP contribution < -0.4 is 0 Å². The summed E-state index contributed by atoms with van der Waals surface area (Å²) < 4.78 is 37.3. The molecule has 2 aromatic rings. The Labute approximate surface area is 199 Å². The molecule has 1 fully saturated rings. The van der Waals surface area contributed by atoms with E-state index in [1.165, 1.54) is 16.4 Å². The fourth-order valence-corrected chi connectivity index (χ4v) is 5.32. The number of rotatable bonds is 9. The van der Waals surface area contributed by atoms with Crippen molar-refractivity contribution in [3.05, 3.63) is 53.3 Å². The molecule has 182 valence electrons. The van der Waals surface area contributed by atoms with Gasteiger partial charge in [0.15, 0.2) is 0 Å². The third kappa shape index (κ3) is 5.85. The minimum atomic E-state index is -3.92. The predicted octanol–water partition coefficient (Wildman–Crippen LogP) is 3.17. The van der Waals surface area contributed by atoms with E-state index in [0.717, 1.165) is 12.0 Å². The average molecular weight is 488 g/mol. The largest absolute Gasteiger partial charge is 0.460 e. The number of benzene rings is 1. The van der Waals surface area contributed by atoms with Crippen molar-refractivity contribution < 1.29 is 27.2 Å². The predicted molar refractivity (Wildman–Crippen MR) is 123 cm³/mol. The molecule has 1 saturated heterocycles. The lowest BCUT2D eigenvalue weighted by molar-refractivity contribution is -0.137. The van der Waals surface area contributed by atoms with Crippen molar-refractivity contribution in [2.45, 2.75) is 44.7 Å². The van der Waals surface area contributed by atoms with Gasteiger partial charge >= 0.3 is 5.97 Å². The van der Waals surface area contributed by atoms with Crippen LogP contribution in [0.2, 0.25) is 0 Å². The number of carbonyl (C=O) groups excluding carboxylic acids is 2. The molecule has 1 aromatic heterocycles. The van der Waals surface area contributed by atoms with E-state index in [2.05, 4.69) is 6.07 Å². The summed E-state index contributed by atoms with van der Waals surface area (Å²) in [5.74, 6) is -1.15. The number of hydrogen-bond donors (Lipinski definition) is 0. The van der Waals surface area contributed by atoms with Gasteiger partial charge in [-0.3, -0.25) is 4.79 Å². The summed E-state index contributed by atoms with van der Waals surface area (Å²) in [6.45, 7) is 5.22. The molecule has 34 heavy (non-hydrogen) atoms. The van der Waals surface area contributed by atoms with E-state index in [-0.39, 0.29) is 42.4 Å². The summed E-state index contributed by atoms with van der Waals surface area (Å²) in [5.41, 5.74) is 1.51. The van der Waals surface area contributed by atoms with Crippen LogP contribution in [0.25, 0.3) is 0 Å². The standard InChI is InChI=1S/C24H29N3O6S/c1-3-13-26(17-19-7-5-18(16-25)6-8-19)23(28)20-11-14-27(15-12-20)34(30,31)22-10-9-21(33-22)24(29)32-4-2/h5-10,20H,3-4,11-15,17H2,1-2H3. The molecule has 10 heteroatoms. The Hall–Kier alpha value is -3.16. The Balaban J connectivity index is 1.63. The molecule has 3 rings (SSSR count). The van der Waals surface area contributed by atoms with Crippen LogP contribution in [0.4, 0.5) is 0 Å². The molecule has 1 aliphatic heterocycles. The summed E-state index contributed by atoms with van der Waals surface area (Å²) >= 11 is 0. The van der Waals surface area contributed by atoms with Gasteiger partial charge in [-0.1, -0.05) is 19.1 Å². The molecule has 0 spiro atoms. The number of nitriles is 1. The second kappa shape index (κ2) is 11.3. The van der Waals surface area contributed by atoms with Gasteiger partial charge in [-0.15, -0.1) is 0 Å². The number of hydrogen-bond acceptors (Lipinski definition) is 7. The monoisotopic (exact) mass is 487 g/mol. The molecule has 9 nitrogen and oxygen atoms in total. The molecule has 1 amide bonds. The van der Waals surface area contributed by atoms with Gasteiger partial charge in [-0.05, 0) is 56.0 Å². The topological polar surface area (TPSA) is 121 Å². The van der Waals surface area contributed by atoms with Crippen molar-refractivity contribution in [3.63, 3.8) is 0 Å². The molecular formula is C24H29N3O6S. The van der Waals surface area contributed by atoms with E-state index in [9.17, 15) is 18.0 Å². The summed E-state index contributed by atoms with van der Waals surface area (Å²) in [5, 5.41) is 8.65. The Kier molecular flexibility index (Phi) is 8.47. The molecule has 0 bridgehead atoms. The van der Waals surface area contributed by atoms with Crippen LogP contribution in [-0.2, 0) is 26.1 Å². The number of sulfonamides is 1. The zero-order chi connectivity index (χ0) is 24.7. The Morgan fingerprint density at radius 3 is 2.41 bits per heavy atom. The lowest BCUT2D eigenvalue weighted by atomic mass is 9.96. The minimum Gasteiger partial charge on any atom is -0.460 e.